The zero-order valence-corrected chi connectivity index (χ0v) is 15.8. The number of ether oxygens (including phenoxy) is 2. The van der Waals surface area contributed by atoms with Crippen LogP contribution in [0.15, 0.2) is 48.5 Å². The average Bonchev–Trinajstić information content (AvgIpc) is 2.71. The second kappa shape index (κ2) is 10.6. The van der Waals surface area contributed by atoms with Crippen molar-refractivity contribution in [3.05, 3.63) is 65.2 Å². The number of hydrogen-bond donors (Lipinski definition) is 3. The highest BCUT2D eigenvalue weighted by molar-refractivity contribution is 6.07. The van der Waals surface area contributed by atoms with Crippen molar-refractivity contribution in [3.63, 3.8) is 0 Å². The summed E-state index contributed by atoms with van der Waals surface area (Å²) in [6.07, 6.45) is 2.80. The van der Waals surface area contributed by atoms with Crippen LogP contribution in [0.25, 0.3) is 6.08 Å². The third kappa shape index (κ3) is 6.78. The van der Waals surface area contributed by atoms with Crippen molar-refractivity contribution < 1.29 is 34.1 Å². The highest BCUT2D eigenvalue weighted by Gasteiger charge is 2.13. The molecule has 29 heavy (non-hydrogen) atoms. The Bertz CT molecular complexity index is 921. The molecule has 0 saturated carbocycles. The summed E-state index contributed by atoms with van der Waals surface area (Å²) in [6, 6.07) is 11.0. The Morgan fingerprint density at radius 1 is 1.07 bits per heavy atom. The number of carbonyl (C=O) groups excluding carboxylic acids is 1. The average molecular weight is 399 g/mol. The molecule has 8 nitrogen and oxygen atoms in total. The minimum absolute atomic E-state index is 0.0604. The van der Waals surface area contributed by atoms with Gasteiger partial charge in [-0.1, -0.05) is 24.3 Å². The molecule has 0 aliphatic rings. The number of hydrogen-bond acceptors (Lipinski definition) is 6. The molecule has 0 radical (unpaired) electrons. The van der Waals surface area contributed by atoms with Gasteiger partial charge in [-0.05, 0) is 43.0 Å². The van der Waals surface area contributed by atoms with Crippen LogP contribution in [-0.2, 0) is 4.79 Å². The molecule has 0 fully saturated rings. The standard InChI is InChI=1S/C21H21NO7/c1-22-9-10-28-16-4-2-3-15(12-16)18(23)7-5-14-6-8-19(29-13-20(24)25)17(11-14)21(26)27/h2-8,11-12,22H,9-10,13H2,1H3,(H,24,25)(H,26,27). The Labute approximate surface area is 167 Å². The van der Waals surface area contributed by atoms with Crippen molar-refractivity contribution in [3.8, 4) is 11.5 Å². The number of ketones is 1. The molecule has 3 N–H and O–H groups in total. The summed E-state index contributed by atoms with van der Waals surface area (Å²) in [5, 5.41) is 20.9. The van der Waals surface area contributed by atoms with Crippen LogP contribution < -0.4 is 14.8 Å². The fraction of sp³-hybridized carbons (Fsp3) is 0.190. The number of carboxylic acids is 2. The molecule has 0 aliphatic heterocycles. The zero-order chi connectivity index (χ0) is 21.2. The molecule has 0 bridgehead atoms. The molecular weight excluding hydrogens is 378 g/mol. The predicted molar refractivity (Wildman–Crippen MR) is 106 cm³/mol. The minimum Gasteiger partial charge on any atom is -0.492 e. The monoisotopic (exact) mass is 399 g/mol. The molecular formula is C21H21NO7. The van der Waals surface area contributed by atoms with Crippen LogP contribution in [0.3, 0.4) is 0 Å². The molecule has 0 atom stereocenters. The van der Waals surface area contributed by atoms with E-state index in [-0.39, 0.29) is 17.1 Å². The third-order valence-electron chi connectivity index (χ3n) is 3.75. The van der Waals surface area contributed by atoms with Crippen molar-refractivity contribution in [1.29, 1.82) is 0 Å². The topological polar surface area (TPSA) is 122 Å². The van der Waals surface area contributed by atoms with E-state index in [0.29, 0.717) is 30.0 Å². The van der Waals surface area contributed by atoms with Gasteiger partial charge in [0.2, 0.25) is 0 Å². The van der Waals surface area contributed by atoms with Crippen molar-refractivity contribution in [1.82, 2.24) is 5.32 Å². The summed E-state index contributed by atoms with van der Waals surface area (Å²) in [7, 11) is 1.81. The van der Waals surface area contributed by atoms with E-state index in [1.54, 1.807) is 24.3 Å². The van der Waals surface area contributed by atoms with E-state index in [0.717, 1.165) is 0 Å². The lowest BCUT2D eigenvalue weighted by Gasteiger charge is -2.08. The summed E-state index contributed by atoms with van der Waals surface area (Å²) < 4.78 is 10.5. The molecule has 0 amide bonds. The first-order valence-electron chi connectivity index (χ1n) is 8.72. The summed E-state index contributed by atoms with van der Waals surface area (Å²) in [5.41, 5.74) is 0.698. The van der Waals surface area contributed by atoms with Gasteiger partial charge < -0.3 is 25.0 Å². The number of nitrogens with one attached hydrogen (secondary N) is 1. The lowest BCUT2D eigenvalue weighted by Crippen LogP contribution is -2.16. The van der Waals surface area contributed by atoms with E-state index >= 15 is 0 Å². The van der Waals surface area contributed by atoms with Gasteiger partial charge in [0.15, 0.2) is 12.4 Å². The molecule has 2 aromatic rings. The van der Waals surface area contributed by atoms with E-state index < -0.39 is 18.5 Å². The summed E-state index contributed by atoms with van der Waals surface area (Å²) in [5.74, 6) is -2.24. The van der Waals surface area contributed by atoms with Crippen LogP contribution >= 0.6 is 0 Å². The molecule has 8 heteroatoms. The summed E-state index contributed by atoms with van der Waals surface area (Å²) in [6.45, 7) is 0.495. The first-order chi connectivity index (χ1) is 13.9. The quantitative estimate of drug-likeness (QED) is 0.299. The molecule has 0 aromatic heterocycles. The fourth-order valence-corrected chi connectivity index (χ4v) is 2.36. The molecule has 0 unspecified atom stereocenters. The molecule has 152 valence electrons. The Morgan fingerprint density at radius 2 is 1.86 bits per heavy atom. The van der Waals surface area contributed by atoms with Crippen LogP contribution in [0, 0.1) is 0 Å². The Kier molecular flexibility index (Phi) is 7.93. The number of likely N-dealkylation sites (N-methyl/N-ethyl adjacent to an activating group) is 1. The number of allylic oxidation sites excluding steroid dienone is 1. The van der Waals surface area contributed by atoms with E-state index in [4.69, 9.17) is 14.6 Å². The normalized spacial score (nSPS) is 10.7. The molecule has 0 saturated heterocycles. The van der Waals surface area contributed by atoms with Gasteiger partial charge in [0, 0.05) is 12.1 Å². The highest BCUT2D eigenvalue weighted by Crippen LogP contribution is 2.21. The summed E-state index contributed by atoms with van der Waals surface area (Å²) in [4.78, 5) is 34.4. The van der Waals surface area contributed by atoms with Crippen LogP contribution in [0.2, 0.25) is 0 Å². The molecule has 0 aliphatic carbocycles. The maximum absolute atomic E-state index is 12.4. The molecule has 0 heterocycles. The fourth-order valence-electron chi connectivity index (χ4n) is 2.36. The van der Waals surface area contributed by atoms with E-state index in [9.17, 15) is 19.5 Å². The second-order valence-electron chi connectivity index (χ2n) is 5.92. The zero-order valence-electron chi connectivity index (χ0n) is 15.8. The highest BCUT2D eigenvalue weighted by atomic mass is 16.5. The Balaban J connectivity index is 2.13. The van der Waals surface area contributed by atoms with Crippen LogP contribution in [0.5, 0.6) is 11.5 Å². The lowest BCUT2D eigenvalue weighted by molar-refractivity contribution is -0.139. The number of rotatable bonds is 11. The SMILES string of the molecule is CNCCOc1cccc(C(=O)C=Cc2ccc(OCC(=O)O)c(C(=O)O)c2)c1. The largest absolute Gasteiger partial charge is 0.492 e. The van der Waals surface area contributed by atoms with Crippen LogP contribution in [0.1, 0.15) is 26.3 Å². The lowest BCUT2D eigenvalue weighted by atomic mass is 10.1. The van der Waals surface area contributed by atoms with Crippen molar-refractivity contribution in [2.45, 2.75) is 0 Å². The Hall–Kier alpha value is -3.65. The van der Waals surface area contributed by atoms with E-state index in [1.165, 1.54) is 30.4 Å². The number of carboxylic acid groups (broad SMARTS) is 2. The van der Waals surface area contributed by atoms with Gasteiger partial charge in [-0.15, -0.1) is 0 Å². The number of carbonyl (C=O) groups is 3. The third-order valence-corrected chi connectivity index (χ3v) is 3.75. The number of aromatic carboxylic acids is 1. The van der Waals surface area contributed by atoms with Gasteiger partial charge in [-0.3, -0.25) is 4.79 Å². The van der Waals surface area contributed by atoms with Gasteiger partial charge >= 0.3 is 11.9 Å². The predicted octanol–water partition coefficient (Wildman–Crippen LogP) is 2.34. The Morgan fingerprint density at radius 3 is 2.55 bits per heavy atom. The van der Waals surface area contributed by atoms with Gasteiger partial charge in [-0.2, -0.15) is 0 Å². The van der Waals surface area contributed by atoms with Gasteiger partial charge in [0.1, 0.15) is 23.7 Å². The summed E-state index contributed by atoms with van der Waals surface area (Å²) >= 11 is 0. The molecule has 2 rings (SSSR count). The first kappa shape index (κ1) is 21.6. The van der Waals surface area contributed by atoms with Gasteiger partial charge in [0.25, 0.3) is 0 Å². The van der Waals surface area contributed by atoms with E-state index in [1.807, 2.05) is 7.05 Å². The van der Waals surface area contributed by atoms with Crippen molar-refractivity contribution in [2.24, 2.45) is 0 Å². The van der Waals surface area contributed by atoms with E-state index in [2.05, 4.69) is 5.32 Å². The number of aliphatic carboxylic acids is 1. The second-order valence-corrected chi connectivity index (χ2v) is 5.92. The molecule has 0 spiro atoms. The van der Waals surface area contributed by atoms with Crippen molar-refractivity contribution in [2.75, 3.05) is 26.8 Å². The van der Waals surface area contributed by atoms with Gasteiger partial charge in [0.05, 0.1) is 0 Å². The molecule has 2 aromatic carbocycles. The minimum atomic E-state index is -1.27. The van der Waals surface area contributed by atoms with Crippen LogP contribution in [-0.4, -0.2) is 54.7 Å². The van der Waals surface area contributed by atoms with Gasteiger partial charge in [-0.25, -0.2) is 9.59 Å². The van der Waals surface area contributed by atoms with Crippen LogP contribution in [0.4, 0.5) is 0 Å². The maximum Gasteiger partial charge on any atom is 0.341 e. The smallest absolute Gasteiger partial charge is 0.341 e. The van der Waals surface area contributed by atoms with Crippen molar-refractivity contribution >= 4 is 23.8 Å². The number of benzene rings is 2. The first-order valence-corrected chi connectivity index (χ1v) is 8.72. The maximum atomic E-state index is 12.4.